The van der Waals surface area contributed by atoms with E-state index in [-0.39, 0.29) is 56.4 Å². The number of benzene rings is 3. The summed E-state index contributed by atoms with van der Waals surface area (Å²) in [6.45, 7) is 3.17. The summed E-state index contributed by atoms with van der Waals surface area (Å²) in [7, 11) is 5.32. The minimum Gasteiger partial charge on any atom is -0.376 e. The summed E-state index contributed by atoms with van der Waals surface area (Å²) in [6, 6.07) is 8.96. The van der Waals surface area contributed by atoms with Crippen molar-refractivity contribution in [3.05, 3.63) is 108 Å². The maximum atomic E-state index is 14.6. The van der Waals surface area contributed by atoms with Crippen molar-refractivity contribution in [2.45, 2.75) is 63.4 Å². The maximum absolute atomic E-state index is 14.6. The Balaban J connectivity index is 0.000000141. The second kappa shape index (κ2) is 24.8. The summed E-state index contributed by atoms with van der Waals surface area (Å²) in [5.74, 6) is -8.90. The Morgan fingerprint density at radius 2 is 1.00 bits per heavy atom. The molecular weight excluding hydrogens is 1110 g/mol. The summed E-state index contributed by atoms with van der Waals surface area (Å²) < 4.78 is 111. The van der Waals surface area contributed by atoms with Gasteiger partial charge in [-0.1, -0.05) is 0 Å². The number of H-pyrrole nitrogens is 3. The number of hydrogen-bond donors (Lipinski definition) is 6. The molecule has 3 aliphatic rings. The summed E-state index contributed by atoms with van der Waals surface area (Å²) >= 11 is 0. The van der Waals surface area contributed by atoms with Gasteiger partial charge in [0.15, 0.2) is 17.5 Å². The van der Waals surface area contributed by atoms with E-state index >= 15 is 0 Å². The van der Waals surface area contributed by atoms with Crippen LogP contribution in [0.3, 0.4) is 0 Å². The molecule has 3 aliphatic heterocycles. The molecule has 21 nitrogen and oxygen atoms in total. The molecule has 6 N–H and O–H groups in total. The second-order valence-electron chi connectivity index (χ2n) is 21.3. The van der Waals surface area contributed by atoms with Crippen LogP contribution in [0.5, 0.6) is 0 Å². The molecule has 6 aromatic heterocycles. The number of likely N-dealkylation sites (tertiary alicyclic amines) is 2. The van der Waals surface area contributed by atoms with Gasteiger partial charge in [0.25, 0.3) is 29.6 Å². The zero-order valence-corrected chi connectivity index (χ0v) is 46.4. The normalized spacial score (nSPS) is 15.9. The number of alkyl halides is 4. The number of aryl methyl sites for hydroxylation is 3. The van der Waals surface area contributed by atoms with Crippen LogP contribution in [0.1, 0.15) is 75.8 Å². The molecule has 9 aromatic rings. The van der Waals surface area contributed by atoms with Crippen molar-refractivity contribution in [2.75, 3.05) is 65.5 Å². The van der Waals surface area contributed by atoms with Gasteiger partial charge >= 0.3 is 0 Å². The number of aromatic nitrogens is 12. The van der Waals surface area contributed by atoms with Crippen molar-refractivity contribution in [1.29, 1.82) is 0 Å². The zero-order chi connectivity index (χ0) is 59.5. The molecule has 3 fully saturated rings. The molecule has 12 rings (SSSR count). The van der Waals surface area contributed by atoms with E-state index in [1.54, 1.807) is 94.1 Å². The molecule has 444 valence electrons. The largest absolute Gasteiger partial charge is 0.376 e. The van der Waals surface area contributed by atoms with Crippen LogP contribution in [0.2, 0.25) is 0 Å². The molecule has 84 heavy (non-hydrogen) atoms. The molecule has 0 bridgehead atoms. The molecule has 3 saturated heterocycles. The van der Waals surface area contributed by atoms with Crippen LogP contribution in [0.25, 0.3) is 66.2 Å². The number of fused-ring (bicyclic) bond motifs is 3. The highest BCUT2D eigenvalue weighted by Gasteiger charge is 2.35. The Bertz CT molecular complexity index is 3830. The first kappa shape index (κ1) is 58.7. The predicted octanol–water partition coefficient (Wildman–Crippen LogP) is 7.45. The van der Waals surface area contributed by atoms with Gasteiger partial charge in [-0.2, -0.15) is 25.5 Å². The Kier molecular flexibility index (Phi) is 17.3. The van der Waals surface area contributed by atoms with E-state index in [9.17, 15) is 45.1 Å². The van der Waals surface area contributed by atoms with E-state index in [1.165, 1.54) is 18.2 Å². The van der Waals surface area contributed by atoms with E-state index in [2.05, 4.69) is 61.7 Å². The number of ether oxygens (including phenoxy) is 1. The van der Waals surface area contributed by atoms with Gasteiger partial charge in [0.1, 0.15) is 39.5 Å². The van der Waals surface area contributed by atoms with Crippen LogP contribution in [0.15, 0.2) is 67.4 Å². The van der Waals surface area contributed by atoms with Crippen molar-refractivity contribution in [2.24, 2.45) is 21.1 Å². The first-order valence-corrected chi connectivity index (χ1v) is 27.4. The number of nitrogens with one attached hydrogen (secondary N) is 6. The minimum absolute atomic E-state index is 0.0217. The fourth-order valence-electron chi connectivity index (χ4n) is 10.5. The predicted molar refractivity (Wildman–Crippen MR) is 297 cm³/mol. The number of carbonyl (C=O) groups is 3. The van der Waals surface area contributed by atoms with E-state index in [1.807, 2.05) is 6.92 Å². The lowest BCUT2D eigenvalue weighted by Crippen LogP contribution is -2.44. The molecule has 28 heteroatoms. The van der Waals surface area contributed by atoms with Crippen molar-refractivity contribution in [3.8, 4) is 33.5 Å². The maximum Gasteiger partial charge on any atom is 0.277 e. The fourth-order valence-corrected chi connectivity index (χ4v) is 10.5. The number of aromatic amines is 3. The molecule has 0 saturated carbocycles. The molecule has 3 amide bonds. The average molecular weight is 1170 g/mol. The number of imidazole rings is 1. The van der Waals surface area contributed by atoms with Gasteiger partial charge in [-0.05, 0) is 119 Å². The number of halogens is 7. The van der Waals surface area contributed by atoms with E-state index in [0.717, 1.165) is 56.5 Å². The minimum atomic E-state index is -3.06. The third kappa shape index (κ3) is 13.4. The Labute approximate surface area is 475 Å². The topological polar surface area (TPSA) is 243 Å². The molecule has 1 atom stereocenters. The summed E-state index contributed by atoms with van der Waals surface area (Å²) in [6.07, 6.45) is 13.9. The van der Waals surface area contributed by atoms with Crippen LogP contribution < -0.4 is 16.0 Å². The van der Waals surface area contributed by atoms with Gasteiger partial charge in [-0.25, -0.2) is 35.7 Å². The highest BCUT2D eigenvalue weighted by atomic mass is 19.3. The Morgan fingerprint density at radius 1 is 0.583 bits per heavy atom. The van der Waals surface area contributed by atoms with Crippen LogP contribution in [-0.2, 0) is 25.9 Å². The lowest BCUT2D eigenvalue weighted by Gasteiger charge is -2.23. The van der Waals surface area contributed by atoms with E-state index < -0.39 is 67.3 Å². The van der Waals surface area contributed by atoms with Crippen molar-refractivity contribution < 1.29 is 49.9 Å². The van der Waals surface area contributed by atoms with Gasteiger partial charge in [0.2, 0.25) is 0 Å². The monoisotopic (exact) mass is 1170 g/mol. The van der Waals surface area contributed by atoms with Gasteiger partial charge < -0.3 is 25.3 Å². The highest BCUT2D eigenvalue weighted by Crippen LogP contribution is 2.32. The molecule has 0 unspecified atom stereocenters. The summed E-state index contributed by atoms with van der Waals surface area (Å²) in [5.41, 5.74) is 4.02. The fraction of sp³-hybridized carbons (Fsp3) is 0.411. The number of carbonyl (C=O) groups excluding carboxylic acids is 3. The summed E-state index contributed by atoms with van der Waals surface area (Å²) in [4.78, 5) is 45.1. The molecular formula is C56H62F7N17O4. The molecule has 9 heterocycles. The highest BCUT2D eigenvalue weighted by molar-refractivity contribution is 6.07. The van der Waals surface area contributed by atoms with Crippen LogP contribution >= 0.6 is 0 Å². The first-order valence-electron chi connectivity index (χ1n) is 27.4. The van der Waals surface area contributed by atoms with Gasteiger partial charge in [-0.15, -0.1) is 0 Å². The lowest BCUT2D eigenvalue weighted by molar-refractivity contribution is -0.0247. The number of rotatable bonds is 16. The lowest BCUT2D eigenvalue weighted by atomic mass is 10.1. The molecule has 0 spiro atoms. The van der Waals surface area contributed by atoms with E-state index in [4.69, 9.17) is 4.74 Å². The third-order valence-electron chi connectivity index (χ3n) is 14.9. The molecule has 0 aliphatic carbocycles. The SMILES string of the molecule is Cc1ncc(-c2cc(F)c3n[nH]c(C(=O)NCC(F)(F)CN4CCCC4)c3c2)n1C.Cn1cc(-c2cc(F)c3n[nH]c(C(=O)NCC(F)(F)CN4CCCC4)c3c2)cn1.Cn1cc(-c2cc(F)c3n[nH]c(C(=O)NC[C@H]4CCCO4)c3c2)cn1. The van der Waals surface area contributed by atoms with Crippen LogP contribution in [0, 0.1) is 24.4 Å². The Hall–Kier alpha value is -8.50. The summed E-state index contributed by atoms with van der Waals surface area (Å²) in [5, 5.41) is 35.6. The quantitative estimate of drug-likeness (QED) is 0.0517. The standard InChI is InChI=1S/C20H23F3N6O.C19H21F3N6O.C17H18FN5O2/c1-12-24-9-16(28(12)2)13-7-14-17(15(21)8-13)26-27-18(14)19(30)25-10-20(22,23)11-29-5-3-4-6-29;1-27-9-13(8-24-27)12-6-14-16(15(20)7-12)25-26-17(14)18(29)23-10-19(21,22)11-28-4-2-3-5-28;1-23-9-11(7-20-23)10-5-13-15(14(18)6-10)21-22-16(13)17(24)19-8-12-3-2-4-25-12/h7-9H,3-6,10-11H2,1-2H3,(H,25,30)(H,26,27);6-9H,2-5,10-11H2,1H3,(H,23,29)(H,25,26);5-7,9,12H,2-4,8H2,1H3,(H,19,24)(H,21,22)/t;;12-/m..1/s1. The average Bonchev–Trinajstić information content (AvgIpc) is 2.85. The van der Waals surface area contributed by atoms with Crippen molar-refractivity contribution in [3.63, 3.8) is 0 Å². The van der Waals surface area contributed by atoms with Crippen LogP contribution in [0.4, 0.5) is 30.7 Å². The third-order valence-corrected chi connectivity index (χ3v) is 14.9. The van der Waals surface area contributed by atoms with Crippen LogP contribution in [-0.4, -0.2) is 171 Å². The second-order valence-corrected chi connectivity index (χ2v) is 21.3. The Morgan fingerprint density at radius 3 is 1.38 bits per heavy atom. The van der Waals surface area contributed by atoms with Crippen molar-refractivity contribution >= 4 is 50.4 Å². The molecule has 0 radical (unpaired) electrons. The van der Waals surface area contributed by atoms with Gasteiger partial charge in [0, 0.05) is 79.5 Å². The number of nitrogens with zero attached hydrogens (tertiary/aromatic N) is 11. The number of hydrogen-bond acceptors (Lipinski definition) is 12. The van der Waals surface area contributed by atoms with E-state index in [0.29, 0.717) is 66.1 Å². The molecule has 3 aromatic carbocycles. The van der Waals surface area contributed by atoms with Gasteiger partial charge in [-0.3, -0.25) is 48.8 Å². The first-order chi connectivity index (χ1) is 40.2. The number of amides is 3. The zero-order valence-electron chi connectivity index (χ0n) is 46.4. The van der Waals surface area contributed by atoms with Crippen molar-refractivity contribution in [1.82, 2.24) is 85.5 Å². The smallest absolute Gasteiger partial charge is 0.277 e. The van der Waals surface area contributed by atoms with Gasteiger partial charge in [0.05, 0.1) is 56.6 Å².